The number of halogens is 3. The van der Waals surface area contributed by atoms with Crippen molar-refractivity contribution in [2.24, 2.45) is 23.9 Å². The first-order valence-corrected chi connectivity index (χ1v) is 24.4. The average molecular weight is 965 g/mol. The van der Waals surface area contributed by atoms with E-state index in [0.717, 1.165) is 55.5 Å². The quantitative estimate of drug-likeness (QED) is 0.0357. The molecule has 3 amide bonds. The van der Waals surface area contributed by atoms with E-state index in [1.807, 2.05) is 29.2 Å². The van der Waals surface area contributed by atoms with Gasteiger partial charge in [0.05, 0.1) is 17.0 Å². The predicted octanol–water partition coefficient (Wildman–Crippen LogP) is 6.95. The van der Waals surface area contributed by atoms with Crippen LogP contribution in [0.15, 0.2) is 100 Å². The Morgan fingerprint density at radius 2 is 1.69 bits per heavy atom. The number of anilines is 1. The maximum atomic E-state index is 14.1. The lowest BCUT2D eigenvalue weighted by atomic mass is 9.87. The summed E-state index contributed by atoms with van der Waals surface area (Å²) in [6, 6.07) is 16.4. The number of rotatable bonds is 18. The summed E-state index contributed by atoms with van der Waals surface area (Å²) in [4.78, 5) is 63.6. The number of aryl methyl sites for hydroxylation is 1. The molecule has 0 radical (unpaired) electrons. The number of nitrogens with two attached hydrogens (primary N) is 1. The smallest absolute Gasteiger partial charge is 0.384 e. The molecule has 374 valence electrons. The number of pyridine rings is 1. The molecule has 3 unspecified atom stereocenters. The van der Waals surface area contributed by atoms with Crippen LogP contribution in [0.2, 0.25) is 0 Å². The van der Waals surface area contributed by atoms with E-state index >= 15 is 0 Å². The van der Waals surface area contributed by atoms with Crippen molar-refractivity contribution in [1.82, 2.24) is 39.9 Å². The number of hydrogen-bond donors (Lipinski definition) is 4. The van der Waals surface area contributed by atoms with Crippen molar-refractivity contribution in [3.63, 3.8) is 0 Å². The monoisotopic (exact) mass is 965 g/mol. The Morgan fingerprint density at radius 3 is 2.34 bits per heavy atom. The minimum Gasteiger partial charge on any atom is -0.384 e. The van der Waals surface area contributed by atoms with Gasteiger partial charge in [0.2, 0.25) is 11.8 Å². The lowest BCUT2D eigenvalue weighted by Gasteiger charge is -2.37. The van der Waals surface area contributed by atoms with Crippen LogP contribution in [-0.2, 0) is 23.2 Å². The van der Waals surface area contributed by atoms with Gasteiger partial charge >= 0.3 is 11.9 Å². The van der Waals surface area contributed by atoms with Gasteiger partial charge in [-0.1, -0.05) is 36.4 Å². The molecule has 3 saturated heterocycles. The average Bonchev–Trinajstić information content (AvgIpc) is 3.59. The second-order valence-electron chi connectivity index (χ2n) is 19.1. The lowest BCUT2D eigenvalue weighted by Crippen LogP contribution is -2.44. The zero-order valence-electron chi connectivity index (χ0n) is 40.7. The van der Waals surface area contributed by atoms with Crippen molar-refractivity contribution in [1.29, 1.82) is 0 Å². The molecule has 5 N–H and O–H groups in total. The number of carbonyl (C=O) groups is 3. The van der Waals surface area contributed by atoms with Crippen molar-refractivity contribution in [3.05, 3.63) is 123 Å². The Morgan fingerprint density at radius 1 is 0.971 bits per heavy atom. The number of aromatic nitrogens is 3. The summed E-state index contributed by atoms with van der Waals surface area (Å²) >= 11 is 0. The van der Waals surface area contributed by atoms with Crippen LogP contribution in [0.4, 0.5) is 19.0 Å². The number of piperidine rings is 3. The molecule has 2 aromatic carbocycles. The molecule has 0 saturated carbocycles. The topological polar surface area (TPSA) is 172 Å². The molecule has 0 bridgehead atoms. The molecule has 3 aliphatic rings. The number of nitrogen functional groups attached to an aromatic ring is 1. The summed E-state index contributed by atoms with van der Waals surface area (Å²) in [6.45, 7) is 12.6. The summed E-state index contributed by atoms with van der Waals surface area (Å²) < 4.78 is 45.1. The van der Waals surface area contributed by atoms with Gasteiger partial charge in [-0.25, -0.2) is 9.78 Å². The summed E-state index contributed by atoms with van der Waals surface area (Å²) in [5, 5.41) is 8.49. The van der Waals surface area contributed by atoms with Crippen LogP contribution >= 0.6 is 0 Å². The lowest BCUT2D eigenvalue weighted by molar-refractivity contribution is -0.174. The fourth-order valence-electron chi connectivity index (χ4n) is 10.0. The number of likely N-dealkylation sites (tertiary alicyclic amines) is 2. The first-order chi connectivity index (χ1) is 33.5. The predicted molar refractivity (Wildman–Crippen MR) is 269 cm³/mol. The number of allylic oxidation sites excluding steroid dienone is 4. The second kappa shape index (κ2) is 23.2. The molecular formula is C53H67F3N10O4. The standard InChI is InChI=1S/C53H67F3N10O4/c1-34(28-35(2)44(17-22-58-4)42-11-14-48(57)61-32-42)36(3)64-26-20-40(21-27-64)39-7-9-41(10-8-39)51(69)65-24-18-37(19-25-65)30-59-23-16-43(53(54,55)56)33-60-31-38-6-12-45-47(29-38)63(5)52(70)66(45)46-13-15-49(67)62-50(46)68/h6-12,14,17,22,28-29,32,36-37,40,43,46,59-60H,2,13,15-16,18-21,23-27,30-31,33H2,1,3-5H3,(H2,57,61)(H,62,67,68)/b34-28+,44-17+,58-22?. The highest BCUT2D eigenvalue weighted by Gasteiger charge is 2.39. The van der Waals surface area contributed by atoms with Gasteiger partial charge in [0, 0.05) is 76.3 Å². The zero-order chi connectivity index (χ0) is 50.1. The summed E-state index contributed by atoms with van der Waals surface area (Å²) in [7, 11) is 3.31. The van der Waals surface area contributed by atoms with E-state index < -0.39 is 29.7 Å². The third-order valence-corrected chi connectivity index (χ3v) is 14.5. The molecule has 3 fully saturated rings. The SMILES string of the molecule is C=C(/C=C(\C)C(C)N1CCC(c2ccc(C(=O)N3CCC(CNCCC(CNCc4ccc5c(c4)n(C)c(=O)n5C4CCC(=O)NC4=O)C(F)(F)F)CC3)cc2)CC1)/C(=C\C=NC)c1ccc(N)nc1. The maximum Gasteiger partial charge on any atom is 0.393 e. The fraction of sp³-hybridized carbons (Fsp3) is 0.472. The first-order valence-electron chi connectivity index (χ1n) is 24.4. The van der Waals surface area contributed by atoms with Crippen molar-refractivity contribution in [3.8, 4) is 0 Å². The van der Waals surface area contributed by atoms with E-state index in [9.17, 15) is 32.3 Å². The van der Waals surface area contributed by atoms with E-state index in [4.69, 9.17) is 5.73 Å². The molecule has 4 aromatic rings. The second-order valence-corrected chi connectivity index (χ2v) is 19.1. The molecule has 7 rings (SSSR count). The third kappa shape index (κ3) is 12.6. The molecular weight excluding hydrogens is 898 g/mol. The van der Waals surface area contributed by atoms with E-state index in [1.54, 1.807) is 50.8 Å². The molecule has 5 heterocycles. The largest absolute Gasteiger partial charge is 0.393 e. The highest BCUT2D eigenvalue weighted by Crippen LogP contribution is 2.33. The molecule has 70 heavy (non-hydrogen) atoms. The molecule has 3 atom stereocenters. The number of aliphatic imine (C=N–C) groups is 1. The Balaban J connectivity index is 0.814. The zero-order valence-corrected chi connectivity index (χ0v) is 40.7. The minimum absolute atomic E-state index is 0.00760. The van der Waals surface area contributed by atoms with Crippen molar-refractivity contribution in [2.75, 3.05) is 58.6 Å². The van der Waals surface area contributed by atoms with Gasteiger partial charge in [-0.2, -0.15) is 13.2 Å². The van der Waals surface area contributed by atoms with Crippen LogP contribution in [0.1, 0.15) is 97.8 Å². The number of imide groups is 1. The van der Waals surface area contributed by atoms with Crippen LogP contribution in [0.25, 0.3) is 16.6 Å². The van der Waals surface area contributed by atoms with Gasteiger partial charge in [0.25, 0.3) is 5.91 Å². The maximum absolute atomic E-state index is 14.1. The van der Waals surface area contributed by atoms with Crippen molar-refractivity contribution >= 4 is 46.4 Å². The molecule has 2 aromatic heterocycles. The normalized spacial score (nSPS) is 19.2. The molecule has 14 nitrogen and oxygen atoms in total. The first kappa shape index (κ1) is 51.7. The van der Waals surface area contributed by atoms with Crippen LogP contribution in [0.5, 0.6) is 0 Å². The Labute approximate surface area is 408 Å². The van der Waals surface area contributed by atoms with Crippen molar-refractivity contribution in [2.45, 2.75) is 89.5 Å². The van der Waals surface area contributed by atoms with E-state index in [0.29, 0.717) is 53.5 Å². The van der Waals surface area contributed by atoms with E-state index in [-0.39, 0.29) is 62.7 Å². The highest BCUT2D eigenvalue weighted by molar-refractivity contribution is 6.00. The number of imidazole rings is 1. The van der Waals surface area contributed by atoms with Crippen LogP contribution in [-0.4, -0.2) is 113 Å². The number of carbonyl (C=O) groups excluding carboxylic acids is 3. The van der Waals surface area contributed by atoms with Gasteiger partial charge in [0.1, 0.15) is 11.9 Å². The number of fused-ring (bicyclic) bond motifs is 1. The van der Waals surface area contributed by atoms with Gasteiger partial charge < -0.3 is 21.3 Å². The van der Waals surface area contributed by atoms with Gasteiger partial charge in [0.15, 0.2) is 0 Å². The number of hydrogen-bond acceptors (Lipinski definition) is 10. The van der Waals surface area contributed by atoms with Gasteiger partial charge in [-0.15, -0.1) is 0 Å². The summed E-state index contributed by atoms with van der Waals surface area (Å²) in [5.74, 6) is -1.33. The summed E-state index contributed by atoms with van der Waals surface area (Å²) in [6.07, 6.45) is 7.05. The molecule has 0 aliphatic carbocycles. The minimum atomic E-state index is -4.39. The Bertz CT molecular complexity index is 2650. The molecule has 17 heteroatoms. The number of nitrogens with one attached hydrogen (secondary N) is 3. The van der Waals surface area contributed by atoms with Crippen LogP contribution in [0.3, 0.4) is 0 Å². The van der Waals surface area contributed by atoms with Gasteiger partial charge in [-0.05, 0) is 155 Å². The van der Waals surface area contributed by atoms with E-state index in [1.165, 1.54) is 20.3 Å². The van der Waals surface area contributed by atoms with E-state index in [2.05, 4.69) is 69.5 Å². The third-order valence-electron chi connectivity index (χ3n) is 14.5. The molecule has 0 spiro atoms. The Hall–Kier alpha value is -6.17. The van der Waals surface area contributed by atoms with Crippen molar-refractivity contribution < 1.29 is 27.6 Å². The van der Waals surface area contributed by atoms with Crippen LogP contribution in [0, 0.1) is 11.8 Å². The summed E-state index contributed by atoms with van der Waals surface area (Å²) in [5.41, 5.74) is 13.1. The number of benzene rings is 2. The van der Waals surface area contributed by atoms with Crippen LogP contribution < -0.4 is 27.4 Å². The Kier molecular flexibility index (Phi) is 17.1. The highest BCUT2D eigenvalue weighted by atomic mass is 19.4. The van der Waals surface area contributed by atoms with Gasteiger partial charge in [-0.3, -0.25) is 38.7 Å². The number of alkyl halides is 3. The fourth-order valence-corrected chi connectivity index (χ4v) is 10.0. The molecule has 3 aliphatic heterocycles. The number of amides is 3. The number of nitrogens with zero attached hydrogens (tertiary/aromatic N) is 6.